The standard InChI is InChI=1S/C14H15Cl2NO/c1-17-13-4-2-8-6-11(15)12(16)7-10(8)9(13)3-5-14(17)18/h6-7,9,13H,2-5H2,1H3/i3D. The number of aryl methyl sites for hydroxylation is 1. The average molecular weight is 285 g/mol. The highest BCUT2D eigenvalue weighted by Gasteiger charge is 2.38. The number of halogens is 2. The van der Waals surface area contributed by atoms with Crippen LogP contribution in [0.4, 0.5) is 0 Å². The molecule has 1 fully saturated rings. The van der Waals surface area contributed by atoms with Gasteiger partial charge in [0.1, 0.15) is 0 Å². The van der Waals surface area contributed by atoms with Gasteiger partial charge in [-0.25, -0.2) is 0 Å². The summed E-state index contributed by atoms with van der Waals surface area (Å²) >= 11 is 12.2. The van der Waals surface area contributed by atoms with E-state index in [-0.39, 0.29) is 30.7 Å². The van der Waals surface area contributed by atoms with Gasteiger partial charge in [-0.15, -0.1) is 0 Å². The minimum Gasteiger partial charge on any atom is -0.342 e. The lowest BCUT2D eigenvalue weighted by atomic mass is 9.74. The Hall–Kier alpha value is -0.730. The van der Waals surface area contributed by atoms with E-state index in [2.05, 4.69) is 0 Å². The minimum absolute atomic E-state index is 0.0567. The van der Waals surface area contributed by atoms with Crippen molar-refractivity contribution >= 4 is 29.1 Å². The third kappa shape index (κ3) is 1.83. The van der Waals surface area contributed by atoms with Gasteiger partial charge in [-0.2, -0.15) is 0 Å². The predicted molar refractivity (Wildman–Crippen MR) is 73.3 cm³/mol. The number of carbonyl (C=O) groups excluding carboxylic acids is 1. The Bertz CT molecular complexity index is 548. The Morgan fingerprint density at radius 2 is 2.06 bits per heavy atom. The van der Waals surface area contributed by atoms with Crippen LogP contribution in [0, 0.1) is 0 Å². The van der Waals surface area contributed by atoms with Crippen molar-refractivity contribution in [3.63, 3.8) is 0 Å². The van der Waals surface area contributed by atoms with Crippen molar-refractivity contribution in [1.29, 1.82) is 0 Å². The number of benzene rings is 1. The lowest BCUT2D eigenvalue weighted by Gasteiger charge is -2.43. The maximum Gasteiger partial charge on any atom is 0.222 e. The zero-order valence-corrected chi connectivity index (χ0v) is 11.6. The smallest absolute Gasteiger partial charge is 0.222 e. The quantitative estimate of drug-likeness (QED) is 0.712. The van der Waals surface area contributed by atoms with Gasteiger partial charge in [0.2, 0.25) is 5.91 Å². The molecule has 0 saturated carbocycles. The lowest BCUT2D eigenvalue weighted by molar-refractivity contribution is -0.135. The van der Waals surface area contributed by atoms with Gasteiger partial charge >= 0.3 is 0 Å². The molecule has 1 aliphatic heterocycles. The van der Waals surface area contributed by atoms with Crippen LogP contribution in [0.5, 0.6) is 0 Å². The van der Waals surface area contributed by atoms with E-state index >= 15 is 0 Å². The monoisotopic (exact) mass is 284 g/mol. The number of hydrogen-bond donors (Lipinski definition) is 0. The largest absolute Gasteiger partial charge is 0.342 e. The molecular formula is C14H15Cl2NO. The summed E-state index contributed by atoms with van der Waals surface area (Å²) in [4.78, 5) is 13.7. The first-order valence-electron chi connectivity index (χ1n) is 6.72. The third-order valence-corrected chi connectivity index (χ3v) is 4.82. The normalized spacial score (nSPS) is 31.7. The predicted octanol–water partition coefficient (Wildman–Crippen LogP) is 3.64. The summed E-state index contributed by atoms with van der Waals surface area (Å²) in [6, 6.07) is 3.92. The lowest BCUT2D eigenvalue weighted by Crippen LogP contribution is -2.47. The van der Waals surface area contributed by atoms with Crippen LogP contribution in [0.15, 0.2) is 12.1 Å². The second kappa shape index (κ2) is 4.43. The number of likely N-dealkylation sites (tertiary alicyclic amines) is 1. The molecule has 0 spiro atoms. The number of fused-ring (bicyclic) bond motifs is 3. The first-order valence-corrected chi connectivity index (χ1v) is 6.90. The number of likely N-dealkylation sites (N-methyl/N-ethyl adjacent to an activating group) is 1. The highest BCUT2D eigenvalue weighted by Crippen LogP contribution is 2.42. The molecule has 0 N–H and O–H groups in total. The summed E-state index contributed by atoms with van der Waals surface area (Å²) < 4.78 is 8.25. The molecule has 2 aliphatic rings. The maximum absolute atomic E-state index is 11.9. The second-order valence-electron chi connectivity index (χ2n) is 5.04. The van der Waals surface area contributed by atoms with E-state index in [4.69, 9.17) is 24.6 Å². The first kappa shape index (κ1) is 11.1. The number of hydrogen-bond acceptors (Lipinski definition) is 1. The van der Waals surface area contributed by atoms with Crippen molar-refractivity contribution in [3.05, 3.63) is 33.3 Å². The Balaban J connectivity index is 2.08. The SMILES string of the molecule is [2H]C1CC(=O)N(C)C2CCc3cc(Cl)c(Cl)cc3C12. The molecule has 0 bridgehead atoms. The fourth-order valence-electron chi connectivity index (χ4n) is 3.10. The van der Waals surface area contributed by atoms with E-state index in [0.29, 0.717) is 10.0 Å². The van der Waals surface area contributed by atoms with Crippen molar-refractivity contribution in [1.82, 2.24) is 4.90 Å². The van der Waals surface area contributed by atoms with Crippen LogP contribution in [0.2, 0.25) is 10.0 Å². The molecule has 2 nitrogen and oxygen atoms in total. The van der Waals surface area contributed by atoms with Crippen LogP contribution in [-0.2, 0) is 11.2 Å². The molecule has 3 rings (SSSR count). The molecule has 3 unspecified atom stereocenters. The van der Waals surface area contributed by atoms with Crippen LogP contribution in [-0.4, -0.2) is 23.9 Å². The Kier molecular flexibility index (Phi) is 2.74. The number of amides is 1. The highest BCUT2D eigenvalue weighted by atomic mass is 35.5. The van der Waals surface area contributed by atoms with E-state index in [9.17, 15) is 4.79 Å². The van der Waals surface area contributed by atoms with Gasteiger partial charge in [0, 0.05) is 26.8 Å². The number of carbonyl (C=O) groups is 1. The Labute approximate surface area is 118 Å². The van der Waals surface area contributed by atoms with Crippen molar-refractivity contribution in [2.45, 2.75) is 37.6 Å². The molecule has 1 aliphatic carbocycles. The van der Waals surface area contributed by atoms with Crippen molar-refractivity contribution in [2.24, 2.45) is 0 Å². The zero-order valence-electron chi connectivity index (χ0n) is 11.1. The molecule has 0 aromatic heterocycles. The van der Waals surface area contributed by atoms with Gasteiger partial charge < -0.3 is 4.90 Å². The third-order valence-electron chi connectivity index (χ3n) is 4.10. The van der Waals surface area contributed by atoms with E-state index in [0.717, 1.165) is 18.4 Å². The molecule has 1 saturated heterocycles. The molecule has 96 valence electrons. The van der Waals surface area contributed by atoms with Gasteiger partial charge in [0.15, 0.2) is 0 Å². The van der Waals surface area contributed by atoms with Crippen LogP contribution >= 0.6 is 23.2 Å². The van der Waals surface area contributed by atoms with Crippen molar-refractivity contribution < 1.29 is 6.17 Å². The molecule has 1 heterocycles. The van der Waals surface area contributed by atoms with Crippen LogP contribution in [0.1, 0.15) is 37.7 Å². The first-order chi connectivity index (χ1) is 8.99. The van der Waals surface area contributed by atoms with Gasteiger partial charge in [0.25, 0.3) is 0 Å². The summed E-state index contributed by atoms with van der Waals surface area (Å²) in [6.07, 6.45) is 1.69. The molecule has 4 heteroatoms. The fourth-order valence-corrected chi connectivity index (χ4v) is 3.45. The summed E-state index contributed by atoms with van der Waals surface area (Å²) in [6.45, 7) is 0. The fraction of sp³-hybridized carbons (Fsp3) is 0.500. The average Bonchev–Trinajstić information content (AvgIpc) is 2.36. The molecule has 0 radical (unpaired) electrons. The molecule has 1 amide bonds. The second-order valence-corrected chi connectivity index (χ2v) is 5.86. The highest BCUT2D eigenvalue weighted by molar-refractivity contribution is 6.42. The van der Waals surface area contributed by atoms with Gasteiger partial charge in [-0.05, 0) is 42.5 Å². The topological polar surface area (TPSA) is 20.3 Å². The maximum atomic E-state index is 11.9. The van der Waals surface area contributed by atoms with Gasteiger partial charge in [-0.1, -0.05) is 23.2 Å². The summed E-state index contributed by atoms with van der Waals surface area (Å²) in [7, 11) is 1.84. The Morgan fingerprint density at radius 3 is 2.83 bits per heavy atom. The van der Waals surface area contributed by atoms with Crippen LogP contribution < -0.4 is 0 Å². The van der Waals surface area contributed by atoms with E-state index < -0.39 is 0 Å². The molecule has 1 aromatic carbocycles. The van der Waals surface area contributed by atoms with E-state index in [1.54, 1.807) is 4.90 Å². The van der Waals surface area contributed by atoms with Crippen molar-refractivity contribution in [2.75, 3.05) is 7.05 Å². The van der Waals surface area contributed by atoms with Gasteiger partial charge in [-0.3, -0.25) is 4.79 Å². The van der Waals surface area contributed by atoms with Crippen LogP contribution in [0.25, 0.3) is 0 Å². The number of piperidine rings is 1. The molecule has 1 aromatic rings. The van der Waals surface area contributed by atoms with E-state index in [1.165, 1.54) is 5.56 Å². The van der Waals surface area contributed by atoms with Gasteiger partial charge in [0.05, 0.1) is 10.0 Å². The Morgan fingerprint density at radius 1 is 1.33 bits per heavy atom. The summed E-state index contributed by atoms with van der Waals surface area (Å²) in [5, 5.41) is 1.11. The zero-order chi connectivity index (χ0) is 13.7. The summed E-state index contributed by atoms with van der Waals surface area (Å²) in [5.74, 6) is 0.131. The summed E-state index contributed by atoms with van der Waals surface area (Å²) in [5.41, 5.74) is 2.28. The van der Waals surface area contributed by atoms with Crippen LogP contribution in [0.3, 0.4) is 0 Å². The van der Waals surface area contributed by atoms with Crippen molar-refractivity contribution in [3.8, 4) is 0 Å². The minimum atomic E-state index is -0.384. The number of rotatable bonds is 0. The van der Waals surface area contributed by atoms with E-state index in [1.807, 2.05) is 19.2 Å². The molecule has 3 atom stereocenters. The molecular weight excluding hydrogens is 269 g/mol. The molecule has 18 heavy (non-hydrogen) atoms. The number of nitrogens with zero attached hydrogens (tertiary/aromatic N) is 1.